The first kappa shape index (κ1) is 18.5. The van der Waals surface area contributed by atoms with Gasteiger partial charge in [0.2, 0.25) is 0 Å². The van der Waals surface area contributed by atoms with E-state index >= 15 is 0 Å². The third kappa shape index (κ3) is 11.1. The third-order valence-corrected chi connectivity index (χ3v) is 3.75. The van der Waals surface area contributed by atoms with Crippen LogP contribution in [0.1, 0.15) is 91.4 Å². The second-order valence-corrected chi connectivity index (χ2v) is 5.78. The van der Waals surface area contributed by atoms with Gasteiger partial charge in [0.25, 0.3) is 0 Å². The van der Waals surface area contributed by atoms with Gasteiger partial charge in [-0.2, -0.15) is 0 Å². The van der Waals surface area contributed by atoms with Crippen molar-refractivity contribution in [1.82, 2.24) is 4.90 Å². The van der Waals surface area contributed by atoms with E-state index in [-0.39, 0.29) is 0 Å². The number of nitrogens with zero attached hydrogens (tertiary/aromatic N) is 1. The van der Waals surface area contributed by atoms with Crippen LogP contribution >= 0.6 is 0 Å². The van der Waals surface area contributed by atoms with Gasteiger partial charge in [-0.25, -0.2) is 0 Å². The largest absolute Gasteiger partial charge is 0.375 e. The maximum atomic E-state index is 4.28. The molecule has 0 heterocycles. The van der Waals surface area contributed by atoms with Crippen LogP contribution in [0.4, 0.5) is 0 Å². The molecule has 0 aliphatic rings. The molecule has 0 unspecified atom stereocenters. The Bertz CT molecular complexity index is 192. The Morgan fingerprint density at radius 2 is 1.16 bits per heavy atom. The van der Waals surface area contributed by atoms with Crippen molar-refractivity contribution in [3.8, 4) is 0 Å². The Morgan fingerprint density at radius 3 is 1.63 bits per heavy atom. The average molecular weight is 268 g/mol. The van der Waals surface area contributed by atoms with E-state index in [0.29, 0.717) is 0 Å². The average Bonchev–Trinajstić information content (AvgIpc) is 2.41. The number of hydrogen-bond donors (Lipinski definition) is 0. The van der Waals surface area contributed by atoms with Crippen LogP contribution in [0.3, 0.4) is 0 Å². The van der Waals surface area contributed by atoms with Gasteiger partial charge in [-0.3, -0.25) is 0 Å². The molecular weight excluding hydrogens is 230 g/mol. The lowest BCUT2D eigenvalue weighted by Gasteiger charge is -2.26. The molecule has 0 atom stereocenters. The monoisotopic (exact) mass is 267 g/mol. The molecule has 0 saturated carbocycles. The topological polar surface area (TPSA) is 3.24 Å². The molecule has 0 saturated heterocycles. The van der Waals surface area contributed by atoms with E-state index in [1.807, 2.05) is 0 Å². The SMILES string of the molecule is C=C(CCCCCCCCCC)N(CCC)CCC. The summed E-state index contributed by atoms with van der Waals surface area (Å²) in [6.45, 7) is 13.4. The summed E-state index contributed by atoms with van der Waals surface area (Å²) < 4.78 is 0. The second-order valence-electron chi connectivity index (χ2n) is 5.78. The van der Waals surface area contributed by atoms with Crippen molar-refractivity contribution >= 4 is 0 Å². The summed E-state index contributed by atoms with van der Waals surface area (Å²) in [6.07, 6.45) is 14.9. The molecule has 0 aliphatic heterocycles. The van der Waals surface area contributed by atoms with Gasteiger partial charge in [-0.05, 0) is 25.7 Å². The van der Waals surface area contributed by atoms with E-state index in [0.717, 1.165) is 0 Å². The Balaban J connectivity index is 3.50. The summed E-state index contributed by atoms with van der Waals surface area (Å²) in [5, 5.41) is 0. The molecule has 0 amide bonds. The Kier molecular flexibility index (Phi) is 13.6. The maximum Gasteiger partial charge on any atom is 0.0172 e. The minimum absolute atomic E-state index is 1.18. The van der Waals surface area contributed by atoms with Crippen LogP contribution in [0, 0.1) is 0 Å². The highest BCUT2D eigenvalue weighted by Crippen LogP contribution is 2.15. The van der Waals surface area contributed by atoms with Crippen molar-refractivity contribution in [1.29, 1.82) is 0 Å². The molecule has 0 radical (unpaired) electrons. The minimum Gasteiger partial charge on any atom is -0.375 e. The summed E-state index contributed by atoms with van der Waals surface area (Å²) in [6, 6.07) is 0. The Morgan fingerprint density at radius 1 is 0.684 bits per heavy atom. The molecule has 0 spiro atoms. The predicted molar refractivity (Wildman–Crippen MR) is 88.5 cm³/mol. The molecule has 19 heavy (non-hydrogen) atoms. The number of allylic oxidation sites excluding steroid dienone is 1. The van der Waals surface area contributed by atoms with Gasteiger partial charge in [0.1, 0.15) is 0 Å². The van der Waals surface area contributed by atoms with Crippen LogP contribution in [0.2, 0.25) is 0 Å². The molecule has 1 nitrogen and oxygen atoms in total. The zero-order valence-corrected chi connectivity index (χ0v) is 13.8. The lowest BCUT2D eigenvalue weighted by Crippen LogP contribution is -2.24. The first-order valence-corrected chi connectivity index (χ1v) is 8.68. The highest BCUT2D eigenvalue weighted by atomic mass is 15.1. The summed E-state index contributed by atoms with van der Waals surface area (Å²) in [4.78, 5) is 2.49. The van der Waals surface area contributed by atoms with E-state index in [9.17, 15) is 0 Å². The van der Waals surface area contributed by atoms with Gasteiger partial charge in [0.05, 0.1) is 0 Å². The highest BCUT2D eigenvalue weighted by molar-refractivity contribution is 4.93. The predicted octanol–water partition coefficient (Wildman–Crippen LogP) is 6.15. The van der Waals surface area contributed by atoms with Gasteiger partial charge in [-0.15, -0.1) is 0 Å². The van der Waals surface area contributed by atoms with Crippen LogP contribution in [0.25, 0.3) is 0 Å². The third-order valence-electron chi connectivity index (χ3n) is 3.75. The van der Waals surface area contributed by atoms with Crippen LogP contribution in [0.15, 0.2) is 12.3 Å². The van der Waals surface area contributed by atoms with Gasteiger partial charge in [0, 0.05) is 18.8 Å². The van der Waals surface area contributed by atoms with Crippen molar-refractivity contribution in [2.45, 2.75) is 91.4 Å². The van der Waals surface area contributed by atoms with E-state index in [1.165, 1.54) is 89.4 Å². The van der Waals surface area contributed by atoms with Crippen molar-refractivity contribution < 1.29 is 0 Å². The molecule has 0 N–H and O–H groups in total. The molecule has 0 rings (SSSR count). The van der Waals surface area contributed by atoms with Crippen LogP contribution in [-0.4, -0.2) is 18.0 Å². The van der Waals surface area contributed by atoms with Gasteiger partial charge in [0.15, 0.2) is 0 Å². The van der Waals surface area contributed by atoms with Crippen LogP contribution in [0.5, 0.6) is 0 Å². The van der Waals surface area contributed by atoms with Gasteiger partial charge >= 0.3 is 0 Å². The number of unbranched alkanes of at least 4 members (excludes halogenated alkanes) is 7. The zero-order valence-electron chi connectivity index (χ0n) is 13.8. The van der Waals surface area contributed by atoms with E-state index in [2.05, 4.69) is 32.3 Å². The van der Waals surface area contributed by atoms with Crippen molar-refractivity contribution in [3.05, 3.63) is 12.3 Å². The lowest BCUT2D eigenvalue weighted by molar-refractivity contribution is 0.330. The smallest absolute Gasteiger partial charge is 0.0172 e. The fourth-order valence-corrected chi connectivity index (χ4v) is 2.59. The summed E-state index contributed by atoms with van der Waals surface area (Å²) >= 11 is 0. The molecule has 0 aliphatic carbocycles. The summed E-state index contributed by atoms with van der Waals surface area (Å²) in [7, 11) is 0. The number of rotatable bonds is 14. The van der Waals surface area contributed by atoms with E-state index < -0.39 is 0 Å². The van der Waals surface area contributed by atoms with Crippen LogP contribution < -0.4 is 0 Å². The fraction of sp³-hybridized carbons (Fsp3) is 0.889. The molecule has 114 valence electrons. The Hall–Kier alpha value is -0.460. The standard InChI is InChI=1S/C18H37N/c1-5-8-9-10-11-12-13-14-15-18(4)19(16-6-2)17-7-3/h4-17H2,1-3H3. The molecule has 1 heteroatoms. The maximum absolute atomic E-state index is 4.28. The number of hydrogen-bond acceptors (Lipinski definition) is 1. The summed E-state index contributed by atoms with van der Waals surface area (Å²) in [5.74, 6) is 0. The van der Waals surface area contributed by atoms with Gasteiger partial charge < -0.3 is 4.90 Å². The molecule has 0 bridgehead atoms. The molecular formula is C18H37N. The quantitative estimate of drug-likeness (QED) is 0.341. The normalized spacial score (nSPS) is 10.7. The van der Waals surface area contributed by atoms with E-state index in [4.69, 9.17) is 0 Å². The Labute approximate surface area is 122 Å². The van der Waals surface area contributed by atoms with Crippen molar-refractivity contribution in [2.75, 3.05) is 13.1 Å². The lowest BCUT2D eigenvalue weighted by atomic mass is 10.1. The fourth-order valence-electron chi connectivity index (χ4n) is 2.59. The summed E-state index contributed by atoms with van der Waals surface area (Å²) in [5.41, 5.74) is 1.37. The van der Waals surface area contributed by atoms with Crippen molar-refractivity contribution in [2.24, 2.45) is 0 Å². The first-order valence-electron chi connectivity index (χ1n) is 8.68. The van der Waals surface area contributed by atoms with Crippen molar-refractivity contribution in [3.63, 3.8) is 0 Å². The molecule has 0 fully saturated rings. The van der Waals surface area contributed by atoms with Gasteiger partial charge in [-0.1, -0.05) is 72.3 Å². The zero-order chi connectivity index (χ0) is 14.3. The highest BCUT2D eigenvalue weighted by Gasteiger charge is 2.05. The first-order chi connectivity index (χ1) is 9.26. The minimum atomic E-state index is 1.18. The molecule has 0 aromatic rings. The molecule has 0 aromatic heterocycles. The molecule has 0 aromatic carbocycles. The second kappa shape index (κ2) is 14.0. The van der Waals surface area contributed by atoms with Crippen LogP contribution in [-0.2, 0) is 0 Å². The van der Waals surface area contributed by atoms with E-state index in [1.54, 1.807) is 0 Å².